The summed E-state index contributed by atoms with van der Waals surface area (Å²) in [4.78, 5) is 39.0. The van der Waals surface area contributed by atoms with Crippen LogP contribution in [-0.4, -0.2) is 40.4 Å². The maximum atomic E-state index is 12.8. The van der Waals surface area contributed by atoms with Gasteiger partial charge in [-0.05, 0) is 45.1 Å². The van der Waals surface area contributed by atoms with Gasteiger partial charge in [0.1, 0.15) is 18.2 Å². The lowest BCUT2D eigenvalue weighted by Gasteiger charge is -2.48. The highest BCUT2D eigenvalue weighted by molar-refractivity contribution is 5.94. The zero-order valence-corrected chi connectivity index (χ0v) is 15.4. The number of nitrogens with zero attached hydrogens (tertiary/aromatic N) is 1. The third-order valence-corrected chi connectivity index (χ3v) is 4.80. The average molecular weight is 359 g/mol. The van der Waals surface area contributed by atoms with Crippen LogP contribution in [0.2, 0.25) is 0 Å². The zero-order chi connectivity index (χ0) is 18.9. The largest absolute Gasteiger partial charge is 0.459 e. The number of carbonyl (C=O) groups excluding carboxylic acids is 3. The molecule has 0 aromatic heterocycles. The van der Waals surface area contributed by atoms with Crippen LogP contribution < -0.4 is 0 Å². The van der Waals surface area contributed by atoms with Gasteiger partial charge < -0.3 is 9.47 Å². The minimum Gasteiger partial charge on any atom is -0.459 e. The Morgan fingerprint density at radius 1 is 1.15 bits per heavy atom. The molecule has 1 aromatic carbocycles. The molecular weight excluding hydrogens is 334 g/mol. The fraction of sp³-hybridized carbons (Fsp3) is 0.550. The minimum absolute atomic E-state index is 0.000724. The third-order valence-electron chi connectivity index (χ3n) is 4.80. The molecule has 140 valence electrons. The summed E-state index contributed by atoms with van der Waals surface area (Å²) in [7, 11) is 0. The van der Waals surface area contributed by atoms with Crippen LogP contribution in [0.15, 0.2) is 30.3 Å². The maximum absolute atomic E-state index is 12.8. The van der Waals surface area contributed by atoms with Crippen molar-refractivity contribution in [3.05, 3.63) is 35.9 Å². The summed E-state index contributed by atoms with van der Waals surface area (Å²) in [5.41, 5.74) is 0.177. The van der Waals surface area contributed by atoms with Gasteiger partial charge in [0, 0.05) is 6.42 Å². The van der Waals surface area contributed by atoms with E-state index in [-0.39, 0.29) is 18.3 Å². The second-order valence-electron chi connectivity index (χ2n) is 7.95. The van der Waals surface area contributed by atoms with E-state index in [9.17, 15) is 14.4 Å². The van der Waals surface area contributed by atoms with Crippen LogP contribution in [0.25, 0.3) is 0 Å². The molecule has 2 saturated heterocycles. The van der Waals surface area contributed by atoms with Gasteiger partial charge in [0.25, 0.3) is 0 Å². The van der Waals surface area contributed by atoms with Crippen LogP contribution in [-0.2, 0) is 25.7 Å². The number of ketones is 1. The lowest BCUT2D eigenvalue weighted by atomic mass is 9.74. The molecule has 1 saturated carbocycles. The first-order chi connectivity index (χ1) is 12.3. The van der Waals surface area contributed by atoms with Crippen molar-refractivity contribution in [2.75, 3.05) is 0 Å². The fourth-order valence-electron chi connectivity index (χ4n) is 3.69. The zero-order valence-electron chi connectivity index (χ0n) is 15.4. The molecule has 4 rings (SSSR count). The van der Waals surface area contributed by atoms with E-state index in [0.29, 0.717) is 12.8 Å². The monoisotopic (exact) mass is 359 g/mol. The van der Waals surface area contributed by atoms with Gasteiger partial charge >= 0.3 is 12.1 Å². The Hall–Kier alpha value is -2.37. The van der Waals surface area contributed by atoms with E-state index < -0.39 is 29.7 Å². The predicted molar refractivity (Wildman–Crippen MR) is 94.2 cm³/mol. The third kappa shape index (κ3) is 3.89. The van der Waals surface area contributed by atoms with E-state index in [0.717, 1.165) is 12.0 Å². The van der Waals surface area contributed by atoms with Crippen LogP contribution >= 0.6 is 0 Å². The first kappa shape index (κ1) is 18.4. The van der Waals surface area contributed by atoms with Crippen molar-refractivity contribution in [2.45, 2.75) is 64.3 Å². The fourth-order valence-corrected chi connectivity index (χ4v) is 3.69. The van der Waals surface area contributed by atoms with Gasteiger partial charge in [0.2, 0.25) is 0 Å². The summed E-state index contributed by atoms with van der Waals surface area (Å²) in [6, 6.07) is 8.02. The van der Waals surface area contributed by atoms with Crippen molar-refractivity contribution in [3.8, 4) is 0 Å². The van der Waals surface area contributed by atoms with Gasteiger partial charge in [-0.3, -0.25) is 9.69 Å². The molecule has 3 atom stereocenters. The number of benzene rings is 1. The smallest absolute Gasteiger partial charge is 0.411 e. The normalized spacial score (nSPS) is 25.1. The van der Waals surface area contributed by atoms with Crippen molar-refractivity contribution >= 4 is 17.8 Å². The van der Waals surface area contributed by atoms with Crippen LogP contribution in [0, 0.1) is 5.92 Å². The Morgan fingerprint density at radius 2 is 1.85 bits per heavy atom. The van der Waals surface area contributed by atoms with Gasteiger partial charge in [-0.2, -0.15) is 0 Å². The summed E-state index contributed by atoms with van der Waals surface area (Å²) in [5.74, 6) is -0.676. The highest BCUT2D eigenvalue weighted by Crippen LogP contribution is 2.39. The molecule has 1 unspecified atom stereocenters. The number of ether oxygens (including phenoxy) is 2. The van der Waals surface area contributed by atoms with Crippen LogP contribution in [0.4, 0.5) is 4.79 Å². The van der Waals surface area contributed by atoms with E-state index in [1.165, 1.54) is 4.90 Å². The number of hydrogen-bond donors (Lipinski definition) is 0. The Bertz CT molecular complexity index is 694. The van der Waals surface area contributed by atoms with Gasteiger partial charge in [-0.25, -0.2) is 9.59 Å². The lowest BCUT2D eigenvalue weighted by Crippen LogP contribution is -2.64. The van der Waals surface area contributed by atoms with Crippen molar-refractivity contribution in [1.29, 1.82) is 0 Å². The molecule has 1 aromatic rings. The number of fused-ring (bicyclic) bond motifs is 3. The molecule has 26 heavy (non-hydrogen) atoms. The topological polar surface area (TPSA) is 72.9 Å². The number of Topliss-reactive ketones (excluding diaryl/α,β-unsaturated/α-hetero) is 1. The molecule has 2 bridgehead atoms. The van der Waals surface area contributed by atoms with Gasteiger partial charge in [-0.15, -0.1) is 0 Å². The number of piperidine rings is 2. The molecular formula is C20H25NO5. The highest BCUT2D eigenvalue weighted by Gasteiger charge is 2.53. The summed E-state index contributed by atoms with van der Waals surface area (Å²) in [6.45, 7) is 5.43. The molecule has 6 nitrogen and oxygen atoms in total. The highest BCUT2D eigenvalue weighted by atomic mass is 16.6. The minimum atomic E-state index is -0.759. The standard InChI is InChI=1S/C20H25NO5/c1-20(2,3)26-19(24)21-15-10-9-14(11-16(15)22)17(21)18(23)25-12-13-7-5-4-6-8-13/h4-8,14-15,17H,9-12H2,1-3H3/t14-,15?,17+/m1/s1. The molecule has 0 N–H and O–H groups in total. The molecule has 6 heteroatoms. The quantitative estimate of drug-likeness (QED) is 0.776. The van der Waals surface area contributed by atoms with Crippen LogP contribution in [0.1, 0.15) is 45.6 Å². The van der Waals surface area contributed by atoms with E-state index >= 15 is 0 Å². The molecule has 3 aliphatic rings. The van der Waals surface area contributed by atoms with Gasteiger partial charge in [0.15, 0.2) is 5.78 Å². The number of carbonyl (C=O) groups is 3. The molecule has 1 aliphatic carbocycles. The number of esters is 1. The van der Waals surface area contributed by atoms with Crippen LogP contribution in [0.5, 0.6) is 0 Å². The Balaban J connectivity index is 1.76. The summed E-state index contributed by atoms with van der Waals surface area (Å²) in [5, 5.41) is 0. The Morgan fingerprint density at radius 3 is 2.46 bits per heavy atom. The van der Waals surface area contributed by atoms with E-state index in [1.54, 1.807) is 20.8 Å². The van der Waals surface area contributed by atoms with E-state index in [4.69, 9.17) is 9.47 Å². The van der Waals surface area contributed by atoms with Gasteiger partial charge in [0.05, 0.1) is 6.04 Å². The Labute approximate surface area is 153 Å². The first-order valence-electron chi connectivity index (χ1n) is 9.01. The summed E-state index contributed by atoms with van der Waals surface area (Å²) >= 11 is 0. The number of hydrogen-bond acceptors (Lipinski definition) is 5. The number of amides is 1. The maximum Gasteiger partial charge on any atom is 0.411 e. The molecule has 2 heterocycles. The van der Waals surface area contributed by atoms with Crippen molar-refractivity contribution in [1.82, 2.24) is 4.90 Å². The van der Waals surface area contributed by atoms with E-state index in [1.807, 2.05) is 30.3 Å². The summed E-state index contributed by atoms with van der Waals surface area (Å²) in [6.07, 6.45) is 1.00. The molecule has 2 aliphatic heterocycles. The number of rotatable bonds is 3. The molecule has 1 amide bonds. The predicted octanol–water partition coefficient (Wildman–Crippen LogP) is 3.09. The van der Waals surface area contributed by atoms with Gasteiger partial charge in [-0.1, -0.05) is 30.3 Å². The second-order valence-corrected chi connectivity index (χ2v) is 7.95. The first-order valence-corrected chi connectivity index (χ1v) is 9.01. The van der Waals surface area contributed by atoms with Crippen molar-refractivity contribution < 1.29 is 23.9 Å². The van der Waals surface area contributed by atoms with Crippen LogP contribution in [0.3, 0.4) is 0 Å². The molecule has 0 spiro atoms. The molecule has 3 fully saturated rings. The Kier molecular flexibility index (Phi) is 5.03. The summed E-state index contributed by atoms with van der Waals surface area (Å²) < 4.78 is 10.9. The molecule has 0 radical (unpaired) electrons. The second kappa shape index (κ2) is 7.09. The lowest BCUT2D eigenvalue weighted by molar-refractivity contribution is -0.163. The van der Waals surface area contributed by atoms with Crippen molar-refractivity contribution in [2.24, 2.45) is 5.92 Å². The van der Waals surface area contributed by atoms with Crippen molar-refractivity contribution in [3.63, 3.8) is 0 Å². The average Bonchev–Trinajstić information content (AvgIpc) is 2.58. The van der Waals surface area contributed by atoms with E-state index in [2.05, 4.69) is 0 Å². The SMILES string of the molecule is CC(C)(C)OC(=O)N1C2CC[C@H](CC2=O)[C@H]1C(=O)OCc1ccccc1.